The first-order valence-corrected chi connectivity index (χ1v) is 6.33. The van der Waals surface area contributed by atoms with Crippen molar-refractivity contribution in [2.75, 3.05) is 0 Å². The molecule has 2 rings (SSSR count). The summed E-state index contributed by atoms with van der Waals surface area (Å²) in [5.41, 5.74) is 0.152. The molecule has 0 aliphatic heterocycles. The summed E-state index contributed by atoms with van der Waals surface area (Å²) in [6, 6.07) is 3.40. The highest BCUT2D eigenvalue weighted by molar-refractivity contribution is 5.83. The van der Waals surface area contributed by atoms with Crippen LogP contribution in [0, 0.1) is 13.8 Å². The van der Waals surface area contributed by atoms with Crippen LogP contribution in [0.25, 0.3) is 0 Å². The zero-order valence-electron chi connectivity index (χ0n) is 12.1. The number of benzene rings is 1. The zero-order valence-corrected chi connectivity index (χ0v) is 12.1. The van der Waals surface area contributed by atoms with Crippen molar-refractivity contribution in [3.63, 3.8) is 0 Å². The Balaban J connectivity index is 2.33. The van der Waals surface area contributed by atoms with Gasteiger partial charge in [0.2, 0.25) is 0 Å². The SMILES string of the molecule is Cc1nnc(C)n1/N=C/c1ccc(OC(F)F)cc1OC(F)F. The minimum Gasteiger partial charge on any atom is -0.435 e. The van der Waals surface area contributed by atoms with Crippen LogP contribution in [0.5, 0.6) is 11.5 Å². The van der Waals surface area contributed by atoms with Gasteiger partial charge in [0.05, 0.1) is 6.21 Å². The molecule has 23 heavy (non-hydrogen) atoms. The number of aromatic nitrogens is 3. The molecule has 0 unspecified atom stereocenters. The first-order valence-electron chi connectivity index (χ1n) is 6.33. The molecule has 0 radical (unpaired) electrons. The fourth-order valence-corrected chi connectivity index (χ4v) is 1.75. The average molecular weight is 332 g/mol. The van der Waals surface area contributed by atoms with E-state index in [4.69, 9.17) is 0 Å². The van der Waals surface area contributed by atoms with E-state index in [1.807, 2.05) is 0 Å². The lowest BCUT2D eigenvalue weighted by Crippen LogP contribution is -2.07. The van der Waals surface area contributed by atoms with E-state index >= 15 is 0 Å². The normalized spacial score (nSPS) is 11.7. The van der Waals surface area contributed by atoms with Crippen LogP contribution in [0.15, 0.2) is 23.3 Å². The highest BCUT2D eigenvalue weighted by Crippen LogP contribution is 2.26. The molecule has 0 spiro atoms. The second-order valence-electron chi connectivity index (χ2n) is 4.31. The van der Waals surface area contributed by atoms with Crippen LogP contribution in [-0.4, -0.2) is 34.3 Å². The van der Waals surface area contributed by atoms with Gasteiger partial charge >= 0.3 is 13.2 Å². The van der Waals surface area contributed by atoms with Crippen molar-refractivity contribution in [2.45, 2.75) is 27.1 Å². The van der Waals surface area contributed by atoms with Crippen LogP contribution in [-0.2, 0) is 0 Å². The summed E-state index contributed by atoms with van der Waals surface area (Å²) in [5.74, 6) is 0.343. The average Bonchev–Trinajstić information content (AvgIpc) is 2.76. The van der Waals surface area contributed by atoms with E-state index in [9.17, 15) is 17.6 Å². The largest absolute Gasteiger partial charge is 0.435 e. The van der Waals surface area contributed by atoms with Gasteiger partial charge in [0.15, 0.2) is 11.6 Å². The zero-order chi connectivity index (χ0) is 17.0. The minimum absolute atomic E-state index is 0.152. The van der Waals surface area contributed by atoms with E-state index in [0.717, 1.165) is 6.07 Å². The smallest absolute Gasteiger partial charge is 0.387 e. The molecule has 0 saturated carbocycles. The molecule has 1 aromatic heterocycles. The van der Waals surface area contributed by atoms with Crippen molar-refractivity contribution in [1.29, 1.82) is 0 Å². The summed E-state index contributed by atoms with van der Waals surface area (Å²) >= 11 is 0. The summed E-state index contributed by atoms with van der Waals surface area (Å²) in [7, 11) is 0. The molecule has 1 aromatic carbocycles. The third-order valence-corrected chi connectivity index (χ3v) is 2.69. The van der Waals surface area contributed by atoms with Crippen LogP contribution < -0.4 is 9.47 Å². The van der Waals surface area contributed by atoms with Crippen LogP contribution in [0.1, 0.15) is 17.2 Å². The van der Waals surface area contributed by atoms with Crippen molar-refractivity contribution in [3.8, 4) is 11.5 Å². The molecule has 124 valence electrons. The topological polar surface area (TPSA) is 61.5 Å². The number of rotatable bonds is 6. The maximum absolute atomic E-state index is 12.5. The van der Waals surface area contributed by atoms with Crippen molar-refractivity contribution in [3.05, 3.63) is 35.4 Å². The molecule has 0 N–H and O–H groups in total. The summed E-state index contributed by atoms with van der Waals surface area (Å²) in [4.78, 5) is 0. The summed E-state index contributed by atoms with van der Waals surface area (Å²) in [5, 5.41) is 11.6. The predicted molar refractivity (Wildman–Crippen MR) is 72.2 cm³/mol. The van der Waals surface area contributed by atoms with Gasteiger partial charge in [0.1, 0.15) is 11.5 Å². The van der Waals surface area contributed by atoms with Gasteiger partial charge in [-0.3, -0.25) is 0 Å². The molecule has 0 amide bonds. The minimum atomic E-state index is -3.12. The molecular weight excluding hydrogens is 320 g/mol. The van der Waals surface area contributed by atoms with E-state index in [0.29, 0.717) is 11.6 Å². The van der Waals surface area contributed by atoms with Crippen LogP contribution in [0.4, 0.5) is 17.6 Å². The first kappa shape index (κ1) is 16.7. The number of nitrogens with zero attached hydrogens (tertiary/aromatic N) is 4. The Morgan fingerprint density at radius 1 is 1.04 bits per heavy atom. The highest BCUT2D eigenvalue weighted by atomic mass is 19.3. The predicted octanol–water partition coefficient (Wildman–Crippen LogP) is 2.98. The fraction of sp³-hybridized carbons (Fsp3) is 0.308. The molecular formula is C13H12F4N4O2. The van der Waals surface area contributed by atoms with Gasteiger partial charge < -0.3 is 9.47 Å². The molecule has 0 aliphatic rings. The molecule has 0 bridgehead atoms. The summed E-state index contributed by atoms with van der Waals surface area (Å²) < 4.78 is 59.1. The van der Waals surface area contributed by atoms with Crippen molar-refractivity contribution in [2.24, 2.45) is 5.10 Å². The number of aryl methyl sites for hydroxylation is 2. The van der Waals surface area contributed by atoms with E-state index in [-0.39, 0.29) is 17.1 Å². The molecule has 2 aromatic rings. The van der Waals surface area contributed by atoms with E-state index in [1.54, 1.807) is 13.8 Å². The van der Waals surface area contributed by atoms with Crippen LogP contribution in [0.3, 0.4) is 0 Å². The first-order chi connectivity index (χ1) is 10.9. The highest BCUT2D eigenvalue weighted by Gasteiger charge is 2.13. The van der Waals surface area contributed by atoms with Gasteiger partial charge in [-0.25, -0.2) is 4.68 Å². The van der Waals surface area contributed by atoms with Gasteiger partial charge in [0.25, 0.3) is 0 Å². The second-order valence-corrected chi connectivity index (χ2v) is 4.31. The van der Waals surface area contributed by atoms with Gasteiger partial charge in [-0.15, -0.1) is 10.2 Å². The lowest BCUT2D eigenvalue weighted by molar-refractivity contribution is -0.0543. The lowest BCUT2D eigenvalue weighted by atomic mass is 10.2. The standard InChI is InChI=1S/C13H12F4N4O2/c1-7-19-20-8(2)21(7)18-6-9-3-4-10(22-12(14)15)5-11(9)23-13(16)17/h3-6,12-13H,1-2H3/b18-6+. The Bertz CT molecular complexity index is 684. The van der Waals surface area contributed by atoms with E-state index < -0.39 is 13.2 Å². The van der Waals surface area contributed by atoms with Crippen molar-refractivity contribution >= 4 is 6.21 Å². The maximum atomic E-state index is 12.5. The molecule has 1 heterocycles. The van der Waals surface area contributed by atoms with Crippen LogP contribution in [0.2, 0.25) is 0 Å². The van der Waals surface area contributed by atoms with E-state index in [2.05, 4.69) is 24.8 Å². The van der Waals surface area contributed by atoms with Gasteiger partial charge in [-0.1, -0.05) is 0 Å². The third-order valence-electron chi connectivity index (χ3n) is 2.69. The Hall–Kier alpha value is -2.65. The second kappa shape index (κ2) is 7.07. The number of hydrogen-bond acceptors (Lipinski definition) is 5. The molecule has 10 heteroatoms. The Kier molecular flexibility index (Phi) is 5.14. The van der Waals surface area contributed by atoms with E-state index in [1.165, 1.54) is 23.0 Å². The van der Waals surface area contributed by atoms with Gasteiger partial charge in [0, 0.05) is 11.6 Å². The number of halogens is 4. The third kappa shape index (κ3) is 4.41. The Morgan fingerprint density at radius 3 is 2.22 bits per heavy atom. The number of ether oxygens (including phenoxy) is 2. The molecule has 0 aliphatic carbocycles. The van der Waals surface area contributed by atoms with Gasteiger partial charge in [-0.05, 0) is 26.0 Å². The monoisotopic (exact) mass is 332 g/mol. The Morgan fingerprint density at radius 2 is 1.65 bits per heavy atom. The Labute approximate surface area is 128 Å². The summed E-state index contributed by atoms with van der Waals surface area (Å²) in [6.45, 7) is -2.88. The maximum Gasteiger partial charge on any atom is 0.387 e. The van der Waals surface area contributed by atoms with Crippen LogP contribution >= 0.6 is 0 Å². The summed E-state index contributed by atoms with van der Waals surface area (Å²) in [6.07, 6.45) is 1.23. The van der Waals surface area contributed by atoms with Gasteiger partial charge in [-0.2, -0.15) is 22.7 Å². The fourth-order valence-electron chi connectivity index (χ4n) is 1.75. The lowest BCUT2D eigenvalue weighted by Gasteiger charge is -2.10. The number of hydrogen-bond donors (Lipinski definition) is 0. The van der Waals surface area contributed by atoms with Crippen molar-refractivity contribution in [1.82, 2.24) is 14.9 Å². The number of alkyl halides is 4. The molecule has 0 fully saturated rings. The molecule has 6 nitrogen and oxygen atoms in total. The quantitative estimate of drug-likeness (QED) is 0.603. The molecule has 0 atom stereocenters. The molecule has 0 saturated heterocycles. The van der Waals surface area contributed by atoms with Crippen molar-refractivity contribution < 1.29 is 27.0 Å².